The van der Waals surface area contributed by atoms with Gasteiger partial charge < -0.3 is 15.0 Å². The average Bonchev–Trinajstić information content (AvgIpc) is 2.90. The Labute approximate surface area is 225 Å². The van der Waals surface area contributed by atoms with Crippen LogP contribution in [0.5, 0.6) is 5.75 Å². The number of amides is 2. The molecule has 0 aliphatic carbocycles. The van der Waals surface area contributed by atoms with Crippen molar-refractivity contribution in [1.29, 1.82) is 0 Å². The summed E-state index contributed by atoms with van der Waals surface area (Å²) < 4.78 is 34.3. The highest BCUT2D eigenvalue weighted by molar-refractivity contribution is 7.92. The van der Waals surface area contributed by atoms with Gasteiger partial charge >= 0.3 is 0 Å². The van der Waals surface area contributed by atoms with Gasteiger partial charge in [0.05, 0.1) is 17.7 Å². The van der Waals surface area contributed by atoms with Crippen LogP contribution >= 0.6 is 0 Å². The number of carbonyl (C=O) groups is 2. The molecule has 2 amide bonds. The molecule has 8 nitrogen and oxygen atoms in total. The van der Waals surface area contributed by atoms with Gasteiger partial charge in [0.25, 0.3) is 10.0 Å². The van der Waals surface area contributed by atoms with E-state index >= 15 is 0 Å². The molecule has 0 aliphatic heterocycles. The molecule has 0 radical (unpaired) electrons. The number of nitrogens with one attached hydrogen (secondary N) is 1. The summed E-state index contributed by atoms with van der Waals surface area (Å²) in [5, 5.41) is 2.84. The lowest BCUT2D eigenvalue weighted by Crippen LogP contribution is -2.52. The summed E-state index contributed by atoms with van der Waals surface area (Å²) in [6.45, 7) is 6.79. The zero-order valence-electron chi connectivity index (χ0n) is 22.4. The monoisotopic (exact) mass is 537 g/mol. The van der Waals surface area contributed by atoms with E-state index in [-0.39, 0.29) is 29.1 Å². The van der Waals surface area contributed by atoms with Gasteiger partial charge in [-0.2, -0.15) is 0 Å². The number of nitrogens with zero attached hydrogens (tertiary/aromatic N) is 2. The van der Waals surface area contributed by atoms with Gasteiger partial charge in [0, 0.05) is 12.6 Å². The van der Waals surface area contributed by atoms with E-state index in [9.17, 15) is 18.0 Å². The molecule has 1 N–H and O–H groups in total. The number of carbonyl (C=O) groups excluding carboxylic acids is 2. The summed E-state index contributed by atoms with van der Waals surface area (Å²) in [4.78, 5) is 28.3. The molecule has 202 valence electrons. The van der Waals surface area contributed by atoms with Crippen LogP contribution in [0.25, 0.3) is 0 Å². The van der Waals surface area contributed by atoms with Gasteiger partial charge in [-0.05, 0) is 57.5 Å². The molecule has 1 atom stereocenters. The van der Waals surface area contributed by atoms with Crippen LogP contribution in [0.2, 0.25) is 0 Å². The van der Waals surface area contributed by atoms with Gasteiger partial charge in [0.15, 0.2) is 0 Å². The highest BCUT2D eigenvalue weighted by Crippen LogP contribution is 2.32. The van der Waals surface area contributed by atoms with Crippen molar-refractivity contribution in [3.05, 3.63) is 90.0 Å². The van der Waals surface area contributed by atoms with E-state index in [0.717, 1.165) is 15.4 Å². The van der Waals surface area contributed by atoms with Crippen LogP contribution in [-0.2, 0) is 26.2 Å². The van der Waals surface area contributed by atoms with Crippen LogP contribution in [0.1, 0.15) is 31.9 Å². The SMILES string of the molecule is COc1ccccc1N(CC(=O)N(Cc1ccccc1)C(C)C(=O)NC(C)C)S(=O)(=O)c1ccc(C)cc1. The number of hydrogen-bond donors (Lipinski definition) is 1. The van der Waals surface area contributed by atoms with E-state index in [1.165, 1.54) is 24.1 Å². The van der Waals surface area contributed by atoms with E-state index in [2.05, 4.69) is 5.32 Å². The summed E-state index contributed by atoms with van der Waals surface area (Å²) in [6, 6.07) is 21.4. The third-order valence-corrected chi connectivity index (χ3v) is 7.81. The van der Waals surface area contributed by atoms with Gasteiger partial charge in [0.1, 0.15) is 18.3 Å². The fourth-order valence-electron chi connectivity index (χ4n) is 3.95. The van der Waals surface area contributed by atoms with Crippen LogP contribution in [0.15, 0.2) is 83.8 Å². The van der Waals surface area contributed by atoms with Gasteiger partial charge in [-0.25, -0.2) is 8.42 Å². The van der Waals surface area contributed by atoms with E-state index < -0.39 is 28.5 Å². The topological polar surface area (TPSA) is 96.0 Å². The zero-order valence-corrected chi connectivity index (χ0v) is 23.2. The quantitative estimate of drug-likeness (QED) is 0.397. The lowest BCUT2D eigenvalue weighted by Gasteiger charge is -2.32. The Kier molecular flexibility index (Phi) is 9.52. The van der Waals surface area contributed by atoms with Crippen molar-refractivity contribution in [2.24, 2.45) is 0 Å². The molecule has 3 aromatic carbocycles. The van der Waals surface area contributed by atoms with Crippen LogP contribution in [0, 0.1) is 6.92 Å². The van der Waals surface area contributed by atoms with Crippen molar-refractivity contribution >= 4 is 27.5 Å². The molecule has 0 spiro atoms. The predicted molar refractivity (Wildman–Crippen MR) is 148 cm³/mol. The number of hydrogen-bond acceptors (Lipinski definition) is 5. The number of anilines is 1. The maximum absolute atomic E-state index is 13.9. The molecule has 0 aliphatic rings. The smallest absolute Gasteiger partial charge is 0.264 e. The molecule has 0 aromatic heterocycles. The summed E-state index contributed by atoms with van der Waals surface area (Å²) in [5.41, 5.74) is 1.95. The Morgan fingerprint density at radius 1 is 0.895 bits per heavy atom. The van der Waals surface area contributed by atoms with E-state index in [1.54, 1.807) is 43.3 Å². The normalized spacial score (nSPS) is 12.1. The van der Waals surface area contributed by atoms with Gasteiger partial charge in [-0.1, -0.05) is 60.2 Å². The Morgan fingerprint density at radius 2 is 1.50 bits per heavy atom. The first-order valence-electron chi connectivity index (χ1n) is 12.4. The third kappa shape index (κ3) is 6.92. The first kappa shape index (κ1) is 28.7. The summed E-state index contributed by atoms with van der Waals surface area (Å²) in [6.07, 6.45) is 0. The minimum atomic E-state index is -4.16. The Hall–Kier alpha value is -3.85. The third-order valence-electron chi connectivity index (χ3n) is 6.04. The molecule has 3 aromatic rings. The van der Waals surface area contributed by atoms with E-state index in [0.29, 0.717) is 5.75 Å². The minimum Gasteiger partial charge on any atom is -0.495 e. The zero-order chi connectivity index (χ0) is 27.9. The highest BCUT2D eigenvalue weighted by atomic mass is 32.2. The number of rotatable bonds is 11. The second-order valence-electron chi connectivity index (χ2n) is 9.34. The number of sulfonamides is 1. The Balaban J connectivity index is 2.06. The molecular formula is C29H35N3O5S. The molecule has 3 rings (SSSR count). The molecule has 0 saturated carbocycles. The maximum Gasteiger partial charge on any atom is 0.264 e. The summed E-state index contributed by atoms with van der Waals surface area (Å²) in [5.74, 6) is -0.549. The Bertz CT molecular complexity index is 1340. The van der Waals surface area contributed by atoms with Crippen molar-refractivity contribution in [2.45, 2.75) is 51.2 Å². The van der Waals surface area contributed by atoms with Crippen molar-refractivity contribution in [2.75, 3.05) is 18.0 Å². The van der Waals surface area contributed by atoms with Crippen molar-refractivity contribution in [1.82, 2.24) is 10.2 Å². The van der Waals surface area contributed by atoms with Crippen molar-refractivity contribution < 1.29 is 22.7 Å². The highest BCUT2D eigenvalue weighted by Gasteiger charge is 2.33. The lowest BCUT2D eigenvalue weighted by molar-refractivity contribution is -0.139. The largest absolute Gasteiger partial charge is 0.495 e. The van der Waals surface area contributed by atoms with Crippen LogP contribution < -0.4 is 14.4 Å². The first-order valence-corrected chi connectivity index (χ1v) is 13.8. The molecule has 0 heterocycles. The van der Waals surface area contributed by atoms with E-state index in [1.807, 2.05) is 51.1 Å². The standard InChI is InChI=1S/C29H35N3O5S/c1-21(2)30-29(34)23(4)31(19-24-11-7-6-8-12-24)28(33)20-32(26-13-9-10-14-27(26)37-5)38(35,36)25-17-15-22(3)16-18-25/h6-18,21,23H,19-20H2,1-5H3,(H,30,34). The fraction of sp³-hybridized carbons (Fsp3) is 0.310. The predicted octanol–water partition coefficient (Wildman–Crippen LogP) is 4.14. The van der Waals surface area contributed by atoms with Crippen molar-refractivity contribution in [3.8, 4) is 5.75 Å². The molecule has 0 bridgehead atoms. The first-order chi connectivity index (χ1) is 18.0. The van der Waals surface area contributed by atoms with Gasteiger partial charge in [0.2, 0.25) is 11.8 Å². The molecule has 0 saturated heterocycles. The van der Waals surface area contributed by atoms with Crippen molar-refractivity contribution in [3.63, 3.8) is 0 Å². The lowest BCUT2D eigenvalue weighted by atomic mass is 10.1. The second kappa shape index (κ2) is 12.6. The fourth-order valence-corrected chi connectivity index (χ4v) is 5.38. The molecule has 1 unspecified atom stereocenters. The average molecular weight is 538 g/mol. The number of ether oxygens (including phenoxy) is 1. The molecule has 9 heteroatoms. The van der Waals surface area contributed by atoms with Gasteiger partial charge in [-0.15, -0.1) is 0 Å². The number of benzene rings is 3. The number of methoxy groups -OCH3 is 1. The van der Waals surface area contributed by atoms with Crippen LogP contribution in [-0.4, -0.2) is 50.9 Å². The minimum absolute atomic E-state index is 0.0435. The molecule has 0 fully saturated rings. The molecular weight excluding hydrogens is 502 g/mol. The summed E-state index contributed by atoms with van der Waals surface area (Å²) >= 11 is 0. The number of aryl methyl sites for hydroxylation is 1. The summed E-state index contributed by atoms with van der Waals surface area (Å²) in [7, 11) is -2.72. The van der Waals surface area contributed by atoms with Crippen LogP contribution in [0.4, 0.5) is 5.69 Å². The van der Waals surface area contributed by atoms with E-state index in [4.69, 9.17) is 4.74 Å². The second-order valence-corrected chi connectivity index (χ2v) is 11.2. The van der Waals surface area contributed by atoms with Gasteiger partial charge in [-0.3, -0.25) is 13.9 Å². The van der Waals surface area contributed by atoms with Crippen LogP contribution in [0.3, 0.4) is 0 Å². The molecule has 38 heavy (non-hydrogen) atoms. The maximum atomic E-state index is 13.9. The Morgan fingerprint density at radius 3 is 2.11 bits per heavy atom. The number of para-hydroxylation sites is 2.